The van der Waals surface area contributed by atoms with E-state index >= 15 is 0 Å². The number of hydrogen-bond acceptors (Lipinski definition) is 7. The van der Waals surface area contributed by atoms with E-state index in [1.165, 1.54) is 0 Å². The summed E-state index contributed by atoms with van der Waals surface area (Å²) in [6, 6.07) is 5.11. The molecule has 2 amide bonds. The van der Waals surface area contributed by atoms with Crippen molar-refractivity contribution in [3.63, 3.8) is 0 Å². The van der Waals surface area contributed by atoms with Crippen molar-refractivity contribution < 1.29 is 19.8 Å². The molecule has 0 unspecified atom stereocenters. The normalized spacial score (nSPS) is 22.0. The van der Waals surface area contributed by atoms with E-state index in [1.807, 2.05) is 26.8 Å². The van der Waals surface area contributed by atoms with Gasteiger partial charge in [-0.3, -0.25) is 24.2 Å². The molecular weight excluding hydrogens is 573 g/mol. The smallest absolute Gasteiger partial charge is 0.408 e. The summed E-state index contributed by atoms with van der Waals surface area (Å²) in [4.78, 5) is 49.2. The van der Waals surface area contributed by atoms with Gasteiger partial charge in [-0.15, -0.1) is 0 Å². The molecule has 2 aliphatic rings. The number of rotatable bonds is 5. The molecule has 2 saturated heterocycles. The van der Waals surface area contributed by atoms with E-state index in [-0.39, 0.29) is 30.5 Å². The van der Waals surface area contributed by atoms with Crippen LogP contribution >= 0.6 is 23.2 Å². The van der Waals surface area contributed by atoms with Crippen LogP contribution in [-0.2, 0) is 11.3 Å². The number of nitrogens with one attached hydrogen (secondary N) is 2. The molecule has 0 aliphatic carbocycles. The molecule has 0 spiro atoms. The second-order valence-electron chi connectivity index (χ2n) is 11.7. The van der Waals surface area contributed by atoms with Crippen LogP contribution < -0.4 is 10.9 Å². The zero-order chi connectivity index (χ0) is 29.7. The van der Waals surface area contributed by atoms with Crippen LogP contribution in [-0.4, -0.2) is 83.0 Å². The van der Waals surface area contributed by atoms with Crippen molar-refractivity contribution in [2.75, 3.05) is 25.0 Å². The van der Waals surface area contributed by atoms with Gasteiger partial charge in [-0.2, -0.15) is 5.10 Å². The standard InChI is InChI=1S/C27H33Cl2N7O5/c1-26(2,3)27(11-17(37)14-35(27)25(40)41)23(39)34-8-6-16(7-9-34)36-21-20(13-31-36)32-24(33-22(21)38)30-12-15-4-5-18(28)19(29)10-15/h4-5,10,13,16-17,37H,6-9,11-12,14H2,1-3H3,(H,40,41)(H2,30,32,33,38)/t17-,27+/m0/s1. The lowest BCUT2D eigenvalue weighted by atomic mass is 9.70. The van der Waals surface area contributed by atoms with Crippen LogP contribution in [0.4, 0.5) is 10.7 Å². The second-order valence-corrected chi connectivity index (χ2v) is 12.5. The van der Waals surface area contributed by atoms with E-state index in [1.54, 1.807) is 27.9 Å². The molecule has 1 aromatic carbocycles. The quantitative estimate of drug-likeness (QED) is 0.342. The molecule has 41 heavy (non-hydrogen) atoms. The van der Waals surface area contributed by atoms with Gasteiger partial charge < -0.3 is 20.4 Å². The maximum atomic E-state index is 13.9. The number of nitrogens with zero attached hydrogens (tertiary/aromatic N) is 5. The van der Waals surface area contributed by atoms with Gasteiger partial charge in [0.15, 0.2) is 5.52 Å². The van der Waals surface area contributed by atoms with E-state index in [0.717, 1.165) is 10.5 Å². The third-order valence-corrected chi connectivity index (χ3v) is 8.95. The number of anilines is 1. The maximum Gasteiger partial charge on any atom is 0.408 e. The molecule has 0 radical (unpaired) electrons. The van der Waals surface area contributed by atoms with Crippen LogP contribution in [0.2, 0.25) is 10.0 Å². The Hall–Kier alpha value is -3.35. The number of aliphatic hydroxyl groups excluding tert-OH is 1. The maximum absolute atomic E-state index is 13.9. The van der Waals surface area contributed by atoms with Crippen LogP contribution in [0.25, 0.3) is 11.0 Å². The Balaban J connectivity index is 1.31. The highest BCUT2D eigenvalue weighted by molar-refractivity contribution is 6.42. The molecule has 3 aromatic rings. The second kappa shape index (κ2) is 10.8. The van der Waals surface area contributed by atoms with Crippen molar-refractivity contribution in [2.24, 2.45) is 5.41 Å². The highest BCUT2D eigenvalue weighted by Gasteiger charge is 2.61. The number of carbonyl (C=O) groups is 2. The van der Waals surface area contributed by atoms with Gasteiger partial charge in [0.25, 0.3) is 5.56 Å². The topological polar surface area (TPSA) is 157 Å². The number of benzene rings is 1. The molecule has 12 nitrogen and oxygen atoms in total. The summed E-state index contributed by atoms with van der Waals surface area (Å²) >= 11 is 12.1. The largest absolute Gasteiger partial charge is 0.465 e. The van der Waals surface area contributed by atoms with E-state index < -0.39 is 23.2 Å². The number of carboxylic acid groups (broad SMARTS) is 1. The number of fused-ring (bicyclic) bond motifs is 1. The van der Waals surface area contributed by atoms with Gasteiger partial charge in [0.1, 0.15) is 11.1 Å². The molecule has 2 aliphatic heterocycles. The summed E-state index contributed by atoms with van der Waals surface area (Å²) in [5.74, 6) is -0.00678. The Morgan fingerprint density at radius 3 is 2.54 bits per heavy atom. The first-order valence-electron chi connectivity index (χ1n) is 13.4. The number of aromatic amines is 1. The third-order valence-electron chi connectivity index (χ3n) is 8.21. The van der Waals surface area contributed by atoms with Gasteiger partial charge in [-0.05, 0) is 36.0 Å². The van der Waals surface area contributed by atoms with Crippen molar-refractivity contribution in [3.05, 3.63) is 50.4 Å². The predicted octanol–water partition coefficient (Wildman–Crippen LogP) is 3.73. The number of aromatic nitrogens is 4. The van der Waals surface area contributed by atoms with Crippen LogP contribution in [0, 0.1) is 5.41 Å². The Morgan fingerprint density at radius 2 is 1.90 bits per heavy atom. The third kappa shape index (κ3) is 5.24. The predicted molar refractivity (Wildman–Crippen MR) is 154 cm³/mol. The molecule has 4 heterocycles. The first-order chi connectivity index (χ1) is 19.3. The summed E-state index contributed by atoms with van der Waals surface area (Å²) in [5.41, 5.74) is -0.799. The molecule has 4 N–H and O–H groups in total. The van der Waals surface area contributed by atoms with Gasteiger partial charge in [0.2, 0.25) is 11.9 Å². The van der Waals surface area contributed by atoms with Crippen LogP contribution in [0.1, 0.15) is 51.6 Å². The summed E-state index contributed by atoms with van der Waals surface area (Å²) in [5, 5.41) is 28.7. The zero-order valence-electron chi connectivity index (χ0n) is 23.0. The first-order valence-corrected chi connectivity index (χ1v) is 14.2. The number of H-pyrrole nitrogens is 1. The highest BCUT2D eigenvalue weighted by atomic mass is 35.5. The lowest BCUT2D eigenvalue weighted by molar-refractivity contribution is -0.150. The first kappa shape index (κ1) is 29.2. The van der Waals surface area contributed by atoms with Crippen LogP contribution in [0.5, 0.6) is 0 Å². The lowest BCUT2D eigenvalue weighted by Crippen LogP contribution is -2.65. The van der Waals surface area contributed by atoms with Crippen LogP contribution in [0.15, 0.2) is 29.2 Å². The average Bonchev–Trinajstić information content (AvgIpc) is 3.51. The fraction of sp³-hybridized carbons (Fsp3) is 0.519. The summed E-state index contributed by atoms with van der Waals surface area (Å²) in [7, 11) is 0. The van der Waals surface area contributed by atoms with Crippen molar-refractivity contribution in [3.8, 4) is 0 Å². The average molecular weight is 607 g/mol. The van der Waals surface area contributed by atoms with Crippen molar-refractivity contribution in [1.29, 1.82) is 0 Å². The highest BCUT2D eigenvalue weighted by Crippen LogP contribution is 2.46. The number of amides is 2. The van der Waals surface area contributed by atoms with Crippen molar-refractivity contribution in [2.45, 2.75) is 64.3 Å². The van der Waals surface area contributed by atoms with Gasteiger partial charge in [-0.1, -0.05) is 50.0 Å². The minimum absolute atomic E-state index is 0.0494. The molecule has 220 valence electrons. The minimum atomic E-state index is -1.37. The number of aliphatic hydroxyl groups is 1. The SMILES string of the molecule is CC(C)(C)[C@]1(C(=O)N2CCC(n3ncc4nc(NCc5ccc(Cl)c(Cl)c5)[nH]c(=O)c43)CC2)C[C@H](O)CN1C(=O)O. The number of hydrogen-bond donors (Lipinski definition) is 4. The molecule has 2 fully saturated rings. The minimum Gasteiger partial charge on any atom is -0.465 e. The summed E-state index contributed by atoms with van der Waals surface area (Å²) in [6.07, 6.45) is 0.508. The Kier molecular flexibility index (Phi) is 7.68. The number of β-amino-alcohol motifs (C(OH)–C–C–N with tert-alkyl or cyclic N) is 1. The fourth-order valence-electron chi connectivity index (χ4n) is 6.10. The molecule has 0 bridgehead atoms. The summed E-state index contributed by atoms with van der Waals surface area (Å²) < 4.78 is 1.66. The van der Waals surface area contributed by atoms with Gasteiger partial charge in [0.05, 0.1) is 34.9 Å². The molecule has 2 atom stereocenters. The zero-order valence-corrected chi connectivity index (χ0v) is 24.5. The van der Waals surface area contributed by atoms with Gasteiger partial charge >= 0.3 is 6.09 Å². The number of halogens is 2. The molecule has 14 heteroatoms. The van der Waals surface area contributed by atoms with Crippen molar-refractivity contribution >= 4 is 52.2 Å². The summed E-state index contributed by atoms with van der Waals surface area (Å²) in [6.45, 7) is 6.48. The fourth-order valence-corrected chi connectivity index (χ4v) is 6.42. The number of piperidine rings is 1. The molecule has 2 aromatic heterocycles. The van der Waals surface area contributed by atoms with Gasteiger partial charge in [-0.25, -0.2) is 9.78 Å². The van der Waals surface area contributed by atoms with E-state index in [4.69, 9.17) is 23.2 Å². The van der Waals surface area contributed by atoms with Crippen molar-refractivity contribution in [1.82, 2.24) is 29.5 Å². The molecular formula is C27H33Cl2N7O5. The number of likely N-dealkylation sites (tertiary alicyclic amines) is 2. The van der Waals surface area contributed by atoms with Gasteiger partial charge in [0, 0.05) is 26.1 Å². The number of carbonyl (C=O) groups excluding carboxylic acids is 1. The van der Waals surface area contributed by atoms with E-state index in [2.05, 4.69) is 20.4 Å². The Morgan fingerprint density at radius 1 is 1.20 bits per heavy atom. The molecule has 0 saturated carbocycles. The monoisotopic (exact) mass is 605 g/mol. The van der Waals surface area contributed by atoms with Crippen LogP contribution in [0.3, 0.4) is 0 Å². The Bertz CT molecular complexity index is 1540. The van der Waals surface area contributed by atoms with E-state index in [9.17, 15) is 24.6 Å². The lowest BCUT2D eigenvalue weighted by Gasteiger charge is -2.48. The molecule has 5 rings (SSSR count). The van der Waals surface area contributed by atoms with E-state index in [0.29, 0.717) is 59.5 Å². The Labute approximate surface area is 246 Å².